The van der Waals surface area contributed by atoms with Crippen molar-refractivity contribution in [2.75, 3.05) is 20.2 Å². The molecule has 1 saturated heterocycles. The zero-order valence-electron chi connectivity index (χ0n) is 10.4. The number of rotatable bonds is 5. The van der Waals surface area contributed by atoms with E-state index in [0.717, 1.165) is 24.2 Å². The average molecular weight is 305 g/mol. The number of sulfonamides is 1. The number of ether oxygens (including phenoxy) is 1. The molecule has 0 aromatic carbocycles. The second-order valence-corrected chi connectivity index (χ2v) is 7.70. The Morgan fingerprint density at radius 1 is 1.58 bits per heavy atom. The number of likely N-dealkylation sites (N-methyl/N-ethyl adjacent to an activating group) is 1. The molecule has 0 aliphatic carbocycles. The first-order valence-electron chi connectivity index (χ1n) is 5.82. The predicted molar refractivity (Wildman–Crippen MR) is 70.1 cm³/mol. The van der Waals surface area contributed by atoms with Gasteiger partial charge in [0.05, 0.1) is 6.10 Å². The van der Waals surface area contributed by atoms with E-state index in [1.54, 1.807) is 0 Å². The SMILES string of the molecule is CN(CC1CCCO1)S(=O)(=O)c1ccc(C(=O)O)s1. The molecule has 6 nitrogen and oxygen atoms in total. The minimum Gasteiger partial charge on any atom is -0.477 e. The van der Waals surface area contributed by atoms with Crippen LogP contribution < -0.4 is 0 Å². The highest BCUT2D eigenvalue weighted by atomic mass is 32.2. The van der Waals surface area contributed by atoms with E-state index in [0.29, 0.717) is 13.2 Å². The molecule has 19 heavy (non-hydrogen) atoms. The van der Waals surface area contributed by atoms with Crippen LogP contribution in [0.3, 0.4) is 0 Å². The quantitative estimate of drug-likeness (QED) is 0.885. The number of hydrogen-bond acceptors (Lipinski definition) is 5. The molecule has 0 radical (unpaired) electrons. The Morgan fingerprint density at radius 3 is 2.84 bits per heavy atom. The van der Waals surface area contributed by atoms with Crippen molar-refractivity contribution in [1.82, 2.24) is 4.31 Å². The van der Waals surface area contributed by atoms with E-state index in [2.05, 4.69) is 0 Å². The summed E-state index contributed by atoms with van der Waals surface area (Å²) in [7, 11) is -2.15. The van der Waals surface area contributed by atoms with Gasteiger partial charge in [-0.15, -0.1) is 11.3 Å². The summed E-state index contributed by atoms with van der Waals surface area (Å²) in [6.07, 6.45) is 1.73. The molecular weight excluding hydrogens is 290 g/mol. The molecule has 1 N–H and O–H groups in total. The van der Waals surface area contributed by atoms with E-state index in [-0.39, 0.29) is 15.2 Å². The number of thiophene rings is 1. The summed E-state index contributed by atoms with van der Waals surface area (Å²) < 4.78 is 31.2. The van der Waals surface area contributed by atoms with Crippen molar-refractivity contribution in [2.24, 2.45) is 0 Å². The molecule has 0 spiro atoms. The lowest BCUT2D eigenvalue weighted by Crippen LogP contribution is -2.33. The van der Waals surface area contributed by atoms with Crippen LogP contribution in [0.5, 0.6) is 0 Å². The Morgan fingerprint density at radius 2 is 2.32 bits per heavy atom. The number of carboxylic acid groups (broad SMARTS) is 1. The lowest BCUT2D eigenvalue weighted by molar-refractivity contribution is 0.0702. The van der Waals surface area contributed by atoms with E-state index in [9.17, 15) is 13.2 Å². The molecule has 0 amide bonds. The van der Waals surface area contributed by atoms with Gasteiger partial charge in [-0.2, -0.15) is 4.31 Å². The van der Waals surface area contributed by atoms with Crippen LogP contribution >= 0.6 is 11.3 Å². The van der Waals surface area contributed by atoms with E-state index >= 15 is 0 Å². The Hall–Kier alpha value is -0.960. The van der Waals surface area contributed by atoms with Gasteiger partial charge in [-0.3, -0.25) is 0 Å². The largest absolute Gasteiger partial charge is 0.477 e. The summed E-state index contributed by atoms with van der Waals surface area (Å²) in [6.45, 7) is 0.962. The van der Waals surface area contributed by atoms with Crippen molar-refractivity contribution in [2.45, 2.75) is 23.2 Å². The lowest BCUT2D eigenvalue weighted by Gasteiger charge is -2.19. The zero-order valence-corrected chi connectivity index (χ0v) is 12.0. The first-order chi connectivity index (χ1) is 8.91. The highest BCUT2D eigenvalue weighted by molar-refractivity contribution is 7.91. The fourth-order valence-electron chi connectivity index (χ4n) is 1.90. The Labute approximate surface area is 115 Å². The maximum atomic E-state index is 12.2. The number of nitrogens with zero attached hydrogens (tertiary/aromatic N) is 1. The number of carboxylic acids is 1. The summed E-state index contributed by atoms with van der Waals surface area (Å²) in [6, 6.07) is 2.63. The Kier molecular flexibility index (Phi) is 4.24. The molecule has 1 aliphatic heterocycles. The molecule has 0 bridgehead atoms. The Bertz CT molecular complexity index is 559. The third kappa shape index (κ3) is 3.14. The van der Waals surface area contributed by atoms with Crippen molar-refractivity contribution in [3.63, 3.8) is 0 Å². The topological polar surface area (TPSA) is 83.9 Å². The van der Waals surface area contributed by atoms with E-state index in [1.807, 2.05) is 0 Å². The number of aromatic carboxylic acids is 1. The van der Waals surface area contributed by atoms with Crippen LogP contribution in [0.2, 0.25) is 0 Å². The molecule has 0 saturated carbocycles. The van der Waals surface area contributed by atoms with E-state index in [1.165, 1.54) is 23.5 Å². The van der Waals surface area contributed by atoms with Crippen LogP contribution in [0.15, 0.2) is 16.3 Å². The van der Waals surface area contributed by atoms with Crippen LogP contribution in [0.1, 0.15) is 22.5 Å². The van der Waals surface area contributed by atoms with Crippen molar-refractivity contribution in [1.29, 1.82) is 0 Å². The third-order valence-corrected chi connectivity index (χ3v) is 6.31. The molecule has 1 unspecified atom stereocenters. The molecule has 1 aliphatic rings. The van der Waals surface area contributed by atoms with Crippen LogP contribution in [0, 0.1) is 0 Å². The normalized spacial score (nSPS) is 20.0. The summed E-state index contributed by atoms with van der Waals surface area (Å²) in [5.41, 5.74) is 0. The molecule has 106 valence electrons. The van der Waals surface area contributed by atoms with Gasteiger partial charge >= 0.3 is 5.97 Å². The van der Waals surface area contributed by atoms with Crippen LogP contribution in [0.25, 0.3) is 0 Å². The second-order valence-electron chi connectivity index (χ2n) is 4.34. The van der Waals surface area contributed by atoms with Gasteiger partial charge < -0.3 is 9.84 Å². The number of carbonyl (C=O) groups is 1. The summed E-state index contributed by atoms with van der Waals surface area (Å²) in [5.74, 6) is -1.12. The smallest absolute Gasteiger partial charge is 0.345 e. The minimum atomic E-state index is -3.63. The fourth-order valence-corrected chi connectivity index (χ4v) is 4.46. The molecule has 1 aromatic rings. The highest BCUT2D eigenvalue weighted by Crippen LogP contribution is 2.25. The monoisotopic (exact) mass is 305 g/mol. The third-order valence-electron chi connectivity index (χ3n) is 2.94. The van der Waals surface area contributed by atoms with Crippen molar-refractivity contribution >= 4 is 27.3 Å². The maximum absolute atomic E-state index is 12.2. The van der Waals surface area contributed by atoms with Crippen molar-refractivity contribution < 1.29 is 23.1 Å². The van der Waals surface area contributed by atoms with Gasteiger partial charge in [0, 0.05) is 20.2 Å². The van der Waals surface area contributed by atoms with Crippen molar-refractivity contribution in [3.8, 4) is 0 Å². The number of hydrogen-bond donors (Lipinski definition) is 1. The second kappa shape index (κ2) is 5.58. The standard InChI is InChI=1S/C11H15NO5S2/c1-12(7-8-3-2-6-17-8)19(15,16)10-5-4-9(18-10)11(13)14/h4-5,8H,2-3,6-7H2,1H3,(H,13,14). The van der Waals surface area contributed by atoms with Gasteiger partial charge in [-0.25, -0.2) is 13.2 Å². The van der Waals surface area contributed by atoms with E-state index < -0.39 is 16.0 Å². The summed E-state index contributed by atoms with van der Waals surface area (Å²) in [5, 5.41) is 8.81. The van der Waals surface area contributed by atoms with Gasteiger partial charge in [0.2, 0.25) is 0 Å². The minimum absolute atomic E-state index is 0.0177. The first-order valence-corrected chi connectivity index (χ1v) is 8.08. The molecule has 8 heteroatoms. The summed E-state index contributed by atoms with van der Waals surface area (Å²) >= 11 is 0.764. The van der Waals surface area contributed by atoms with Gasteiger partial charge in [0.1, 0.15) is 9.09 Å². The predicted octanol–water partition coefficient (Wildman–Crippen LogP) is 1.25. The maximum Gasteiger partial charge on any atom is 0.345 e. The molecular formula is C11H15NO5S2. The molecule has 2 heterocycles. The first kappa shape index (κ1) is 14.4. The van der Waals surface area contributed by atoms with Gasteiger partial charge in [0.15, 0.2) is 0 Å². The summed E-state index contributed by atoms with van der Waals surface area (Å²) in [4.78, 5) is 10.8. The fraction of sp³-hybridized carbons (Fsp3) is 0.545. The molecule has 2 rings (SSSR count). The van der Waals surface area contributed by atoms with E-state index in [4.69, 9.17) is 9.84 Å². The van der Waals surface area contributed by atoms with Crippen LogP contribution in [-0.2, 0) is 14.8 Å². The zero-order chi connectivity index (χ0) is 14.0. The molecule has 1 fully saturated rings. The van der Waals surface area contributed by atoms with Crippen LogP contribution in [-0.4, -0.2) is 50.1 Å². The average Bonchev–Trinajstić information content (AvgIpc) is 2.99. The van der Waals surface area contributed by atoms with Gasteiger partial charge in [-0.05, 0) is 25.0 Å². The van der Waals surface area contributed by atoms with Gasteiger partial charge in [-0.1, -0.05) is 0 Å². The van der Waals surface area contributed by atoms with Crippen LogP contribution in [0.4, 0.5) is 0 Å². The van der Waals surface area contributed by atoms with Crippen molar-refractivity contribution in [3.05, 3.63) is 17.0 Å². The Balaban J connectivity index is 2.13. The van der Waals surface area contributed by atoms with Gasteiger partial charge in [0.25, 0.3) is 10.0 Å². The highest BCUT2D eigenvalue weighted by Gasteiger charge is 2.27. The molecule has 1 aromatic heterocycles. The lowest BCUT2D eigenvalue weighted by atomic mass is 10.2. The molecule has 1 atom stereocenters.